The molecule has 0 spiro atoms. The summed E-state index contributed by atoms with van der Waals surface area (Å²) in [6.45, 7) is 2.12. The van der Waals surface area contributed by atoms with Gasteiger partial charge in [0.15, 0.2) is 0 Å². The van der Waals surface area contributed by atoms with Gasteiger partial charge in [-0.3, -0.25) is 0 Å². The normalized spacial score (nSPS) is 10.5. The average molecular weight is 324 g/mol. The molecule has 4 nitrogen and oxygen atoms in total. The molecule has 0 saturated heterocycles. The molecular weight excluding hydrogens is 308 g/mol. The maximum absolute atomic E-state index is 12.3. The molecule has 3 rings (SSSR count). The lowest BCUT2D eigenvalue weighted by molar-refractivity contribution is 0.0532. The van der Waals surface area contributed by atoms with Crippen LogP contribution in [0.5, 0.6) is 0 Å². The van der Waals surface area contributed by atoms with Crippen LogP contribution in [-0.4, -0.2) is 17.6 Å². The SMILES string of the molecule is CCOC(=O)c1sc(-c2ccccc2N)nc1-c1ccccc1. The van der Waals surface area contributed by atoms with Gasteiger partial charge in [-0.1, -0.05) is 42.5 Å². The molecule has 2 aromatic carbocycles. The van der Waals surface area contributed by atoms with E-state index in [4.69, 9.17) is 10.5 Å². The third-order valence-corrected chi connectivity index (χ3v) is 4.40. The fourth-order valence-electron chi connectivity index (χ4n) is 2.25. The molecule has 23 heavy (non-hydrogen) atoms. The number of hydrogen-bond donors (Lipinski definition) is 1. The third kappa shape index (κ3) is 3.10. The lowest BCUT2D eigenvalue weighted by Crippen LogP contribution is -2.03. The van der Waals surface area contributed by atoms with Gasteiger partial charge in [-0.2, -0.15) is 0 Å². The maximum atomic E-state index is 12.3. The molecule has 0 unspecified atom stereocenters. The van der Waals surface area contributed by atoms with E-state index in [9.17, 15) is 4.79 Å². The van der Waals surface area contributed by atoms with Crippen LogP contribution in [0.15, 0.2) is 54.6 Å². The largest absolute Gasteiger partial charge is 0.462 e. The van der Waals surface area contributed by atoms with Crippen LogP contribution >= 0.6 is 11.3 Å². The monoisotopic (exact) mass is 324 g/mol. The summed E-state index contributed by atoms with van der Waals surface area (Å²) in [5.41, 5.74) is 9.01. The first kappa shape index (κ1) is 15.2. The van der Waals surface area contributed by atoms with Crippen molar-refractivity contribution < 1.29 is 9.53 Å². The number of para-hydroxylation sites is 1. The zero-order chi connectivity index (χ0) is 16.2. The molecule has 1 aromatic heterocycles. The summed E-state index contributed by atoms with van der Waals surface area (Å²) in [5.74, 6) is -0.357. The molecule has 3 aromatic rings. The van der Waals surface area contributed by atoms with Gasteiger partial charge in [-0.25, -0.2) is 9.78 Å². The van der Waals surface area contributed by atoms with Crippen LogP contribution in [0.1, 0.15) is 16.6 Å². The van der Waals surface area contributed by atoms with Gasteiger partial charge in [0.2, 0.25) is 0 Å². The number of nitrogen functional groups attached to an aromatic ring is 1. The molecule has 0 fully saturated rings. The van der Waals surface area contributed by atoms with Crippen molar-refractivity contribution in [3.8, 4) is 21.8 Å². The number of hydrogen-bond acceptors (Lipinski definition) is 5. The van der Waals surface area contributed by atoms with Crippen LogP contribution in [0.25, 0.3) is 21.8 Å². The highest BCUT2D eigenvalue weighted by Crippen LogP contribution is 2.36. The lowest BCUT2D eigenvalue weighted by atomic mass is 10.1. The Kier molecular flexibility index (Phi) is 4.39. The number of carbonyl (C=O) groups is 1. The van der Waals surface area contributed by atoms with Crippen LogP contribution in [0.4, 0.5) is 5.69 Å². The highest BCUT2D eigenvalue weighted by atomic mass is 32.1. The molecule has 0 saturated carbocycles. The van der Waals surface area contributed by atoms with Gasteiger partial charge < -0.3 is 10.5 Å². The summed E-state index contributed by atoms with van der Waals surface area (Å²) >= 11 is 1.30. The fourth-order valence-corrected chi connectivity index (χ4v) is 3.28. The fraction of sp³-hybridized carbons (Fsp3) is 0.111. The number of ether oxygens (including phenoxy) is 1. The standard InChI is InChI=1S/C18H16N2O2S/c1-2-22-18(21)16-15(12-8-4-3-5-9-12)20-17(23-16)13-10-6-7-11-14(13)19/h3-11H,2,19H2,1H3. The first-order valence-electron chi connectivity index (χ1n) is 7.29. The van der Waals surface area contributed by atoms with E-state index >= 15 is 0 Å². The average Bonchev–Trinajstić information content (AvgIpc) is 3.01. The van der Waals surface area contributed by atoms with Gasteiger partial charge in [0.05, 0.1) is 12.3 Å². The van der Waals surface area contributed by atoms with Crippen molar-refractivity contribution in [3.05, 3.63) is 59.5 Å². The number of carbonyl (C=O) groups excluding carboxylic acids is 1. The van der Waals surface area contributed by atoms with Crippen molar-refractivity contribution in [1.29, 1.82) is 0 Å². The van der Waals surface area contributed by atoms with E-state index in [0.29, 0.717) is 27.9 Å². The molecule has 116 valence electrons. The predicted octanol–water partition coefficient (Wildman–Crippen LogP) is 4.24. The van der Waals surface area contributed by atoms with Crippen molar-refractivity contribution in [3.63, 3.8) is 0 Å². The molecular formula is C18H16N2O2S. The van der Waals surface area contributed by atoms with Crippen LogP contribution in [0, 0.1) is 0 Å². The molecule has 0 amide bonds. The Hall–Kier alpha value is -2.66. The number of aromatic nitrogens is 1. The Morgan fingerprint density at radius 3 is 2.52 bits per heavy atom. The predicted molar refractivity (Wildman–Crippen MR) is 93.4 cm³/mol. The van der Waals surface area contributed by atoms with Gasteiger partial charge in [0, 0.05) is 16.8 Å². The Balaban J connectivity index is 2.14. The number of rotatable bonds is 4. The molecule has 1 heterocycles. The van der Waals surface area contributed by atoms with Gasteiger partial charge in [-0.15, -0.1) is 11.3 Å². The smallest absolute Gasteiger partial charge is 0.350 e. The van der Waals surface area contributed by atoms with Crippen LogP contribution in [0.3, 0.4) is 0 Å². The maximum Gasteiger partial charge on any atom is 0.350 e. The zero-order valence-electron chi connectivity index (χ0n) is 12.7. The van der Waals surface area contributed by atoms with E-state index in [0.717, 1.165) is 11.1 Å². The molecule has 0 aliphatic heterocycles. The van der Waals surface area contributed by atoms with Crippen molar-refractivity contribution in [2.24, 2.45) is 0 Å². The van der Waals surface area contributed by atoms with Gasteiger partial charge >= 0.3 is 5.97 Å². The second kappa shape index (κ2) is 6.62. The first-order valence-corrected chi connectivity index (χ1v) is 8.10. The minimum atomic E-state index is -0.357. The quantitative estimate of drug-likeness (QED) is 0.576. The summed E-state index contributed by atoms with van der Waals surface area (Å²) in [5, 5.41) is 0.713. The topological polar surface area (TPSA) is 65.2 Å². The van der Waals surface area contributed by atoms with E-state index in [1.807, 2.05) is 54.6 Å². The van der Waals surface area contributed by atoms with E-state index in [1.165, 1.54) is 11.3 Å². The Labute approximate surface area is 138 Å². The molecule has 0 radical (unpaired) electrons. The number of nitrogens with zero attached hydrogens (tertiary/aromatic N) is 1. The molecule has 5 heteroatoms. The highest BCUT2D eigenvalue weighted by molar-refractivity contribution is 7.17. The molecule has 0 aliphatic rings. The summed E-state index contributed by atoms with van der Waals surface area (Å²) in [4.78, 5) is 17.4. The van der Waals surface area contributed by atoms with Crippen molar-refractivity contribution in [2.45, 2.75) is 6.92 Å². The summed E-state index contributed by atoms with van der Waals surface area (Å²) in [6.07, 6.45) is 0. The number of thiazole rings is 1. The summed E-state index contributed by atoms with van der Waals surface area (Å²) < 4.78 is 5.17. The van der Waals surface area contributed by atoms with E-state index < -0.39 is 0 Å². The highest BCUT2D eigenvalue weighted by Gasteiger charge is 2.21. The van der Waals surface area contributed by atoms with E-state index in [2.05, 4.69) is 4.98 Å². The van der Waals surface area contributed by atoms with E-state index in [1.54, 1.807) is 6.92 Å². The minimum absolute atomic E-state index is 0.327. The summed E-state index contributed by atoms with van der Waals surface area (Å²) in [7, 11) is 0. The minimum Gasteiger partial charge on any atom is -0.462 e. The van der Waals surface area contributed by atoms with Crippen LogP contribution in [0.2, 0.25) is 0 Å². The Bertz CT molecular complexity index is 828. The lowest BCUT2D eigenvalue weighted by Gasteiger charge is -2.01. The van der Waals surface area contributed by atoms with Crippen molar-refractivity contribution >= 4 is 23.0 Å². The molecule has 0 aliphatic carbocycles. The Morgan fingerprint density at radius 1 is 1.13 bits per heavy atom. The van der Waals surface area contributed by atoms with Gasteiger partial charge in [0.1, 0.15) is 9.88 Å². The van der Waals surface area contributed by atoms with E-state index in [-0.39, 0.29) is 5.97 Å². The number of benzene rings is 2. The Morgan fingerprint density at radius 2 is 1.83 bits per heavy atom. The van der Waals surface area contributed by atoms with Crippen LogP contribution < -0.4 is 5.73 Å². The third-order valence-electron chi connectivity index (χ3n) is 3.33. The first-order chi connectivity index (χ1) is 11.2. The van der Waals surface area contributed by atoms with Crippen molar-refractivity contribution in [1.82, 2.24) is 4.98 Å². The molecule has 2 N–H and O–H groups in total. The second-order valence-electron chi connectivity index (χ2n) is 4.87. The molecule has 0 atom stereocenters. The number of anilines is 1. The van der Waals surface area contributed by atoms with Gasteiger partial charge in [-0.05, 0) is 19.1 Å². The van der Waals surface area contributed by atoms with Crippen LogP contribution in [-0.2, 0) is 4.74 Å². The zero-order valence-corrected chi connectivity index (χ0v) is 13.5. The summed E-state index contributed by atoms with van der Waals surface area (Å²) in [6, 6.07) is 17.1. The van der Waals surface area contributed by atoms with Crippen molar-refractivity contribution in [2.75, 3.05) is 12.3 Å². The van der Waals surface area contributed by atoms with Gasteiger partial charge in [0.25, 0.3) is 0 Å². The molecule has 0 bridgehead atoms. The number of nitrogens with two attached hydrogens (primary N) is 1. The number of esters is 1. The second-order valence-corrected chi connectivity index (χ2v) is 5.87.